The quantitative estimate of drug-likeness (QED) is 0.294. The first-order chi connectivity index (χ1) is 3.93. The predicted octanol–water partition coefficient (Wildman–Crippen LogP) is 1.68. The van der Waals surface area contributed by atoms with Crippen molar-refractivity contribution in [3.05, 3.63) is 42.3 Å². The maximum atomic E-state index is 6.69. The predicted molar refractivity (Wildman–Crippen MR) is 43.8 cm³/mol. The number of hydrogen-bond acceptors (Lipinski definition) is 0. The summed E-state index contributed by atoms with van der Waals surface area (Å²) < 4.78 is 0. The van der Waals surface area contributed by atoms with Gasteiger partial charge in [0.05, 0.1) is 0 Å². The van der Waals surface area contributed by atoms with E-state index in [0.717, 1.165) is 5.56 Å². The Morgan fingerprint density at radius 3 is 1.90 bits per heavy atom. The minimum Gasteiger partial charge on any atom is -0.366 e. The van der Waals surface area contributed by atoms with E-state index in [4.69, 9.17) is 6.42 Å². The standard InChI is InChI=1S/C8H5.Au.H3P/c1-2-8-6-4-3-5-7-8;;/h3-7H;;1H3/q-1;+1;. The first kappa shape index (κ1) is 12.6. The summed E-state index contributed by atoms with van der Waals surface area (Å²) in [5.74, 6) is 2.28. The first-order valence-electron chi connectivity index (χ1n) is 2.41. The minimum absolute atomic E-state index is 0. The molecule has 56 valence electrons. The Morgan fingerprint density at radius 1 is 1.10 bits per heavy atom. The number of benzene rings is 1. The zero-order valence-electron chi connectivity index (χ0n) is 5.40. The second-order valence-corrected chi connectivity index (χ2v) is 1.49. The van der Waals surface area contributed by atoms with Gasteiger partial charge in [0.2, 0.25) is 0 Å². The molecule has 0 aromatic heterocycles. The first-order valence-corrected chi connectivity index (χ1v) is 2.41. The molecule has 1 atom stereocenters. The summed E-state index contributed by atoms with van der Waals surface area (Å²) in [5.41, 5.74) is 0.826. The van der Waals surface area contributed by atoms with Gasteiger partial charge in [-0.2, -0.15) is 9.90 Å². The molecule has 0 aliphatic rings. The Balaban J connectivity index is 0. The van der Waals surface area contributed by atoms with E-state index in [1.165, 1.54) is 0 Å². The molecule has 0 spiro atoms. The summed E-state index contributed by atoms with van der Waals surface area (Å²) in [6, 6.07) is 9.37. The molecular formula is C8H8AuP. The zero-order chi connectivity index (χ0) is 5.82. The van der Waals surface area contributed by atoms with E-state index in [9.17, 15) is 0 Å². The van der Waals surface area contributed by atoms with Crippen molar-refractivity contribution < 1.29 is 22.4 Å². The number of hydrogen-bond donors (Lipinski definition) is 0. The van der Waals surface area contributed by atoms with Crippen molar-refractivity contribution in [3.8, 4) is 5.92 Å². The fraction of sp³-hybridized carbons (Fsp3) is 0. The average molecular weight is 332 g/mol. The molecule has 1 rings (SSSR count). The molecule has 0 fully saturated rings. The maximum absolute atomic E-state index is 6.69. The average Bonchev–Trinajstić information content (AvgIpc) is 1.90. The third-order valence-corrected chi connectivity index (χ3v) is 0.918. The molecule has 0 N–H and O–H groups in total. The summed E-state index contributed by atoms with van der Waals surface area (Å²) in [5, 5.41) is 0. The van der Waals surface area contributed by atoms with Crippen LogP contribution in [0.1, 0.15) is 5.56 Å². The van der Waals surface area contributed by atoms with E-state index in [0.29, 0.717) is 0 Å². The van der Waals surface area contributed by atoms with Crippen molar-refractivity contribution in [2.24, 2.45) is 0 Å². The van der Waals surface area contributed by atoms with Crippen molar-refractivity contribution in [1.82, 2.24) is 0 Å². The van der Waals surface area contributed by atoms with Gasteiger partial charge in [-0.25, -0.2) is 0 Å². The van der Waals surface area contributed by atoms with Crippen molar-refractivity contribution in [2.45, 2.75) is 0 Å². The van der Waals surface area contributed by atoms with Crippen LogP contribution in [0.5, 0.6) is 0 Å². The van der Waals surface area contributed by atoms with E-state index >= 15 is 0 Å². The van der Waals surface area contributed by atoms with E-state index in [1.807, 2.05) is 30.3 Å². The van der Waals surface area contributed by atoms with Gasteiger partial charge < -0.3 is 6.42 Å². The van der Waals surface area contributed by atoms with Crippen molar-refractivity contribution in [3.63, 3.8) is 0 Å². The summed E-state index contributed by atoms with van der Waals surface area (Å²) in [7, 11) is 0. The van der Waals surface area contributed by atoms with E-state index in [2.05, 4.69) is 5.92 Å². The molecule has 10 heavy (non-hydrogen) atoms. The van der Waals surface area contributed by atoms with Crippen LogP contribution >= 0.6 is 9.90 Å². The van der Waals surface area contributed by atoms with Gasteiger partial charge in [0.25, 0.3) is 0 Å². The van der Waals surface area contributed by atoms with Crippen LogP contribution in [0.25, 0.3) is 0 Å². The third kappa shape index (κ3) is 3.88. The van der Waals surface area contributed by atoms with Crippen LogP contribution in [-0.2, 0) is 22.4 Å². The van der Waals surface area contributed by atoms with Crippen LogP contribution in [0.2, 0.25) is 0 Å². The maximum Gasteiger partial charge on any atom is 1.00 e. The molecular weight excluding hydrogens is 324 g/mol. The monoisotopic (exact) mass is 332 g/mol. The molecule has 0 nitrogen and oxygen atoms in total. The van der Waals surface area contributed by atoms with Crippen LogP contribution in [0, 0.1) is 12.3 Å². The molecule has 0 saturated carbocycles. The van der Waals surface area contributed by atoms with E-state index in [1.54, 1.807) is 0 Å². The SMILES string of the molecule is P.[Au+].[C-]#Cc1ccccc1. The summed E-state index contributed by atoms with van der Waals surface area (Å²) >= 11 is 0. The number of rotatable bonds is 0. The van der Waals surface area contributed by atoms with E-state index in [-0.39, 0.29) is 32.3 Å². The molecule has 0 heterocycles. The Hall–Kier alpha value is -0.0497. The van der Waals surface area contributed by atoms with Crippen LogP contribution < -0.4 is 0 Å². The molecule has 0 radical (unpaired) electrons. The van der Waals surface area contributed by atoms with Gasteiger partial charge in [-0.05, 0) is 0 Å². The summed E-state index contributed by atoms with van der Waals surface area (Å²) in [6.45, 7) is 0. The molecule has 0 saturated heterocycles. The summed E-state index contributed by atoms with van der Waals surface area (Å²) in [4.78, 5) is 0. The molecule has 0 aliphatic carbocycles. The van der Waals surface area contributed by atoms with Crippen molar-refractivity contribution in [2.75, 3.05) is 0 Å². The Morgan fingerprint density at radius 2 is 1.60 bits per heavy atom. The van der Waals surface area contributed by atoms with Crippen LogP contribution in [0.3, 0.4) is 0 Å². The Kier molecular flexibility index (Phi) is 8.91. The van der Waals surface area contributed by atoms with Gasteiger partial charge in [-0.1, -0.05) is 18.2 Å². The van der Waals surface area contributed by atoms with Crippen LogP contribution in [-0.4, -0.2) is 0 Å². The smallest absolute Gasteiger partial charge is 0.366 e. The summed E-state index contributed by atoms with van der Waals surface area (Å²) in [6.07, 6.45) is 6.69. The van der Waals surface area contributed by atoms with E-state index < -0.39 is 0 Å². The molecule has 0 bridgehead atoms. The van der Waals surface area contributed by atoms with Crippen LogP contribution in [0.4, 0.5) is 0 Å². The Labute approximate surface area is 80.5 Å². The second kappa shape index (κ2) is 7.06. The topological polar surface area (TPSA) is 0 Å². The molecule has 0 aliphatic heterocycles. The molecule has 1 aromatic rings. The van der Waals surface area contributed by atoms with Gasteiger partial charge in [-0.3, -0.25) is 5.92 Å². The largest absolute Gasteiger partial charge is 1.00 e. The minimum atomic E-state index is 0. The fourth-order valence-electron chi connectivity index (χ4n) is 0.521. The molecule has 2 heteroatoms. The molecule has 0 amide bonds. The fourth-order valence-corrected chi connectivity index (χ4v) is 0.521. The van der Waals surface area contributed by atoms with Gasteiger partial charge in [-0.15, -0.1) is 17.7 Å². The normalized spacial score (nSPS) is 6.30. The van der Waals surface area contributed by atoms with Gasteiger partial charge in [0.1, 0.15) is 0 Å². The Bertz CT molecular complexity index is 200. The van der Waals surface area contributed by atoms with Gasteiger partial charge >= 0.3 is 22.4 Å². The second-order valence-electron chi connectivity index (χ2n) is 1.49. The molecule has 1 unspecified atom stereocenters. The van der Waals surface area contributed by atoms with Crippen LogP contribution in [0.15, 0.2) is 30.3 Å². The zero-order valence-corrected chi connectivity index (χ0v) is 8.98. The molecule has 1 aromatic carbocycles. The van der Waals surface area contributed by atoms with Crippen molar-refractivity contribution >= 4 is 9.90 Å². The van der Waals surface area contributed by atoms with Crippen molar-refractivity contribution in [1.29, 1.82) is 0 Å². The van der Waals surface area contributed by atoms with Gasteiger partial charge in [0, 0.05) is 0 Å². The third-order valence-electron chi connectivity index (χ3n) is 0.918. The van der Waals surface area contributed by atoms with Gasteiger partial charge in [0.15, 0.2) is 0 Å².